The SMILES string of the molecule is CCCc1nc2c(C)cccn2c1C(=O)Nc1ccccc1Oc1ccccc1. The van der Waals surface area contributed by atoms with Gasteiger partial charge < -0.3 is 10.1 Å². The van der Waals surface area contributed by atoms with Crippen molar-refractivity contribution in [1.29, 1.82) is 0 Å². The summed E-state index contributed by atoms with van der Waals surface area (Å²) in [6, 6.07) is 20.9. The molecule has 5 heteroatoms. The van der Waals surface area contributed by atoms with E-state index in [1.165, 1.54) is 0 Å². The highest BCUT2D eigenvalue weighted by Gasteiger charge is 2.20. The quantitative estimate of drug-likeness (QED) is 0.467. The van der Waals surface area contributed by atoms with Crippen molar-refractivity contribution >= 4 is 17.2 Å². The second kappa shape index (κ2) is 8.19. The first kappa shape index (κ1) is 18.7. The number of nitrogens with zero attached hydrogens (tertiary/aromatic N) is 2. The van der Waals surface area contributed by atoms with E-state index in [0.717, 1.165) is 29.7 Å². The van der Waals surface area contributed by atoms with Gasteiger partial charge in [0.05, 0.1) is 11.4 Å². The Morgan fingerprint density at radius 2 is 1.79 bits per heavy atom. The molecule has 4 aromatic rings. The van der Waals surface area contributed by atoms with Crippen LogP contribution in [0.3, 0.4) is 0 Å². The molecule has 1 amide bonds. The van der Waals surface area contributed by atoms with Gasteiger partial charge in [-0.1, -0.05) is 49.7 Å². The van der Waals surface area contributed by atoms with Crippen molar-refractivity contribution in [1.82, 2.24) is 9.38 Å². The molecule has 0 saturated heterocycles. The second-order valence-electron chi connectivity index (χ2n) is 6.91. The molecule has 5 nitrogen and oxygen atoms in total. The number of aryl methyl sites for hydroxylation is 2. The summed E-state index contributed by atoms with van der Waals surface area (Å²) in [7, 11) is 0. The molecule has 0 bridgehead atoms. The molecule has 0 aliphatic carbocycles. The number of ether oxygens (including phenoxy) is 1. The number of hydrogen-bond acceptors (Lipinski definition) is 3. The summed E-state index contributed by atoms with van der Waals surface area (Å²) < 4.78 is 7.85. The predicted octanol–water partition coefficient (Wildman–Crippen LogP) is 5.64. The fraction of sp³-hybridized carbons (Fsp3) is 0.167. The van der Waals surface area contributed by atoms with Gasteiger partial charge in [-0.05, 0) is 49.2 Å². The molecule has 2 aromatic heterocycles. The molecule has 0 atom stereocenters. The van der Waals surface area contributed by atoms with Crippen LogP contribution >= 0.6 is 0 Å². The van der Waals surface area contributed by atoms with E-state index < -0.39 is 0 Å². The summed E-state index contributed by atoms with van der Waals surface area (Å²) in [5.74, 6) is 1.11. The molecule has 0 aliphatic rings. The number of amides is 1. The van der Waals surface area contributed by atoms with Crippen molar-refractivity contribution in [2.45, 2.75) is 26.7 Å². The van der Waals surface area contributed by atoms with Crippen LogP contribution in [-0.4, -0.2) is 15.3 Å². The smallest absolute Gasteiger partial charge is 0.274 e. The predicted molar refractivity (Wildman–Crippen MR) is 115 cm³/mol. The molecular formula is C24H23N3O2. The molecule has 2 aromatic carbocycles. The number of nitrogens with one attached hydrogen (secondary N) is 1. The van der Waals surface area contributed by atoms with Gasteiger partial charge in [-0.25, -0.2) is 4.98 Å². The topological polar surface area (TPSA) is 55.6 Å². The van der Waals surface area contributed by atoms with Crippen LogP contribution in [0.4, 0.5) is 5.69 Å². The normalized spacial score (nSPS) is 10.8. The lowest BCUT2D eigenvalue weighted by Crippen LogP contribution is -2.17. The van der Waals surface area contributed by atoms with Crippen LogP contribution in [0, 0.1) is 6.92 Å². The molecule has 0 unspecified atom stereocenters. The number of rotatable bonds is 6. The Balaban J connectivity index is 1.69. The Kier molecular flexibility index (Phi) is 5.29. The van der Waals surface area contributed by atoms with Crippen LogP contribution < -0.4 is 10.1 Å². The molecule has 0 fully saturated rings. The van der Waals surface area contributed by atoms with E-state index in [-0.39, 0.29) is 5.91 Å². The van der Waals surface area contributed by atoms with Crippen LogP contribution in [0.5, 0.6) is 11.5 Å². The molecule has 146 valence electrons. The van der Waals surface area contributed by atoms with Gasteiger partial charge in [-0.3, -0.25) is 9.20 Å². The van der Waals surface area contributed by atoms with E-state index in [4.69, 9.17) is 9.72 Å². The van der Waals surface area contributed by atoms with Crippen molar-refractivity contribution in [2.75, 3.05) is 5.32 Å². The van der Waals surface area contributed by atoms with Gasteiger partial charge in [-0.2, -0.15) is 0 Å². The van der Waals surface area contributed by atoms with Gasteiger partial charge in [0.25, 0.3) is 5.91 Å². The first-order chi connectivity index (χ1) is 14.2. The Bertz CT molecular complexity index is 1150. The van der Waals surface area contributed by atoms with Gasteiger partial charge in [0.2, 0.25) is 0 Å². The maximum absolute atomic E-state index is 13.3. The second-order valence-corrected chi connectivity index (χ2v) is 6.91. The zero-order valence-electron chi connectivity index (χ0n) is 16.6. The third kappa shape index (κ3) is 3.85. The monoisotopic (exact) mass is 385 g/mol. The minimum Gasteiger partial charge on any atom is -0.455 e. The average Bonchev–Trinajstić information content (AvgIpc) is 3.10. The Labute approximate surface area is 170 Å². The first-order valence-corrected chi connectivity index (χ1v) is 9.77. The summed E-state index contributed by atoms with van der Waals surface area (Å²) in [5.41, 5.74) is 3.85. The number of pyridine rings is 1. The molecule has 1 N–H and O–H groups in total. The Hall–Kier alpha value is -3.60. The minimum absolute atomic E-state index is 0.198. The molecule has 0 aliphatic heterocycles. The van der Waals surface area contributed by atoms with Crippen molar-refractivity contribution in [2.24, 2.45) is 0 Å². The highest BCUT2D eigenvalue weighted by molar-refractivity contribution is 6.05. The van der Waals surface area contributed by atoms with Gasteiger partial charge in [0.1, 0.15) is 17.1 Å². The highest BCUT2D eigenvalue weighted by Crippen LogP contribution is 2.30. The molecule has 2 heterocycles. The maximum atomic E-state index is 13.3. The van der Waals surface area contributed by atoms with Gasteiger partial charge in [0.15, 0.2) is 5.75 Å². The summed E-state index contributed by atoms with van der Waals surface area (Å²) in [5, 5.41) is 3.02. The van der Waals surface area contributed by atoms with Gasteiger partial charge >= 0.3 is 0 Å². The lowest BCUT2D eigenvalue weighted by Gasteiger charge is -2.13. The molecular weight excluding hydrogens is 362 g/mol. The van der Waals surface area contributed by atoms with E-state index in [1.807, 2.05) is 84.3 Å². The molecule has 0 spiro atoms. The van der Waals surface area contributed by atoms with Crippen LogP contribution in [0.15, 0.2) is 72.9 Å². The number of para-hydroxylation sites is 3. The van der Waals surface area contributed by atoms with E-state index >= 15 is 0 Å². The lowest BCUT2D eigenvalue weighted by atomic mass is 10.2. The molecule has 0 radical (unpaired) electrons. The van der Waals surface area contributed by atoms with Gasteiger partial charge in [-0.15, -0.1) is 0 Å². The zero-order valence-corrected chi connectivity index (χ0v) is 16.6. The van der Waals surface area contributed by atoms with E-state index in [0.29, 0.717) is 22.9 Å². The Morgan fingerprint density at radius 3 is 2.59 bits per heavy atom. The van der Waals surface area contributed by atoms with Crippen molar-refractivity contribution in [3.05, 3.63) is 89.9 Å². The standard InChI is InChI=1S/C24H23N3O2/c1-3-10-20-22(27-16-9-11-17(2)23(27)25-20)24(28)26-19-14-7-8-15-21(19)29-18-12-5-4-6-13-18/h4-9,11-16H,3,10H2,1-2H3,(H,26,28). The zero-order chi connectivity index (χ0) is 20.2. The number of imidazole rings is 1. The number of anilines is 1. The summed E-state index contributed by atoms with van der Waals surface area (Å²) in [6.07, 6.45) is 3.54. The van der Waals surface area contributed by atoms with Crippen molar-refractivity contribution in [3.8, 4) is 11.5 Å². The van der Waals surface area contributed by atoms with E-state index in [9.17, 15) is 4.79 Å². The van der Waals surface area contributed by atoms with Crippen molar-refractivity contribution in [3.63, 3.8) is 0 Å². The molecule has 4 rings (SSSR count). The van der Waals surface area contributed by atoms with E-state index in [1.54, 1.807) is 0 Å². The molecule has 29 heavy (non-hydrogen) atoms. The molecule has 0 saturated carbocycles. The number of carbonyl (C=O) groups is 1. The maximum Gasteiger partial charge on any atom is 0.274 e. The summed E-state index contributed by atoms with van der Waals surface area (Å²) in [6.45, 7) is 4.09. The highest BCUT2D eigenvalue weighted by atomic mass is 16.5. The first-order valence-electron chi connectivity index (χ1n) is 9.77. The fourth-order valence-electron chi connectivity index (χ4n) is 3.36. The third-order valence-corrected chi connectivity index (χ3v) is 4.73. The number of aromatic nitrogens is 2. The minimum atomic E-state index is -0.198. The Morgan fingerprint density at radius 1 is 1.03 bits per heavy atom. The van der Waals surface area contributed by atoms with Gasteiger partial charge in [0, 0.05) is 6.20 Å². The fourth-order valence-corrected chi connectivity index (χ4v) is 3.36. The van der Waals surface area contributed by atoms with Crippen LogP contribution in [0.2, 0.25) is 0 Å². The van der Waals surface area contributed by atoms with Crippen molar-refractivity contribution < 1.29 is 9.53 Å². The van der Waals surface area contributed by atoms with E-state index in [2.05, 4.69) is 12.2 Å². The largest absolute Gasteiger partial charge is 0.455 e. The number of fused-ring (bicyclic) bond motifs is 1. The third-order valence-electron chi connectivity index (χ3n) is 4.73. The average molecular weight is 385 g/mol. The number of hydrogen-bond donors (Lipinski definition) is 1. The van der Waals surface area contributed by atoms with Crippen LogP contribution in [-0.2, 0) is 6.42 Å². The number of carbonyl (C=O) groups excluding carboxylic acids is 1. The summed E-state index contributed by atoms with van der Waals surface area (Å²) >= 11 is 0. The summed E-state index contributed by atoms with van der Waals surface area (Å²) in [4.78, 5) is 18.0. The number of benzene rings is 2. The van der Waals surface area contributed by atoms with Crippen LogP contribution in [0.1, 0.15) is 35.1 Å². The lowest BCUT2D eigenvalue weighted by molar-refractivity contribution is 0.102. The van der Waals surface area contributed by atoms with Crippen LogP contribution in [0.25, 0.3) is 5.65 Å².